The molecule has 0 aliphatic heterocycles. The predicted molar refractivity (Wildman–Crippen MR) is 72.9 cm³/mol. The Bertz CT molecular complexity index is 706. The van der Waals surface area contributed by atoms with Gasteiger partial charge in [0.05, 0.1) is 5.56 Å². The third kappa shape index (κ3) is 2.74. The van der Waals surface area contributed by atoms with Crippen LogP contribution in [0.5, 0.6) is 5.75 Å². The quantitative estimate of drug-likeness (QED) is 0.808. The van der Waals surface area contributed by atoms with Crippen molar-refractivity contribution in [2.75, 3.05) is 6.61 Å². The van der Waals surface area contributed by atoms with Crippen molar-refractivity contribution in [3.8, 4) is 17.1 Å². The van der Waals surface area contributed by atoms with E-state index in [1.165, 1.54) is 0 Å². The van der Waals surface area contributed by atoms with Crippen molar-refractivity contribution in [2.24, 2.45) is 0 Å². The first kappa shape index (κ1) is 13.5. The third-order valence-corrected chi connectivity index (χ3v) is 2.53. The van der Waals surface area contributed by atoms with Gasteiger partial charge in [0.1, 0.15) is 23.7 Å². The normalized spacial score (nSPS) is 10.0. The van der Waals surface area contributed by atoms with Gasteiger partial charge in [-0.15, -0.1) is 0 Å². The molecule has 1 aromatic heterocycles. The number of carboxylic acid groups (broad SMARTS) is 1. The van der Waals surface area contributed by atoms with Crippen LogP contribution in [0.1, 0.15) is 10.4 Å². The number of aromatic amines is 1. The van der Waals surface area contributed by atoms with E-state index in [2.05, 4.69) is 16.5 Å². The number of benzene rings is 1. The number of H-pyrrole nitrogens is 1. The van der Waals surface area contributed by atoms with Crippen LogP contribution in [0, 0.1) is 0 Å². The van der Waals surface area contributed by atoms with E-state index >= 15 is 0 Å². The Balaban J connectivity index is 2.46. The molecule has 2 rings (SSSR count). The molecule has 0 aliphatic rings. The highest BCUT2D eigenvalue weighted by Crippen LogP contribution is 2.26. The van der Waals surface area contributed by atoms with Crippen LogP contribution in [0.4, 0.5) is 0 Å². The summed E-state index contributed by atoms with van der Waals surface area (Å²) in [5.74, 6) is -0.542. The van der Waals surface area contributed by atoms with Crippen LogP contribution in [0.25, 0.3) is 11.4 Å². The van der Waals surface area contributed by atoms with Gasteiger partial charge in [-0.3, -0.25) is 4.79 Å². The summed E-state index contributed by atoms with van der Waals surface area (Å²) < 4.78 is 5.46. The van der Waals surface area contributed by atoms with Gasteiger partial charge in [-0.1, -0.05) is 24.8 Å². The lowest BCUT2D eigenvalue weighted by molar-refractivity contribution is 0.0694. The van der Waals surface area contributed by atoms with Crippen molar-refractivity contribution in [2.45, 2.75) is 0 Å². The first-order valence-electron chi connectivity index (χ1n) is 5.79. The first-order valence-corrected chi connectivity index (χ1v) is 5.79. The Morgan fingerprint density at radius 2 is 2.20 bits per heavy atom. The first-order chi connectivity index (χ1) is 9.63. The maximum Gasteiger partial charge on any atom is 0.342 e. The highest BCUT2D eigenvalue weighted by Gasteiger charge is 2.13. The summed E-state index contributed by atoms with van der Waals surface area (Å²) in [5.41, 5.74) is -0.539. The number of nitrogens with zero attached hydrogens (tertiary/aromatic N) is 1. The summed E-state index contributed by atoms with van der Waals surface area (Å²) in [5, 5.41) is 8.80. The number of ether oxygens (including phenoxy) is 1. The van der Waals surface area contributed by atoms with E-state index in [-0.39, 0.29) is 5.82 Å². The molecule has 0 saturated carbocycles. The molecule has 2 N–H and O–H groups in total. The topological polar surface area (TPSA) is 92.3 Å². The Kier molecular flexibility index (Phi) is 3.95. The monoisotopic (exact) mass is 272 g/mol. The molecular formula is C14H12N2O4. The average molecular weight is 272 g/mol. The standard InChI is InChI=1S/C14H12N2O4/c1-2-7-20-11-6-4-3-5-9(11)12-15-8-10(14(18)19)13(17)16-12/h2-6,8H,1,7H2,(H,18,19)(H,15,16,17). The molecule has 2 aromatic rings. The molecule has 0 spiro atoms. The molecule has 20 heavy (non-hydrogen) atoms. The van der Waals surface area contributed by atoms with Crippen molar-refractivity contribution in [1.82, 2.24) is 9.97 Å². The number of carboxylic acids is 1. The number of rotatable bonds is 5. The Labute approximate surface area is 114 Å². The second kappa shape index (κ2) is 5.83. The van der Waals surface area contributed by atoms with Gasteiger partial charge in [-0.2, -0.15) is 0 Å². The molecule has 0 aliphatic carbocycles. The van der Waals surface area contributed by atoms with Gasteiger partial charge in [0.15, 0.2) is 0 Å². The van der Waals surface area contributed by atoms with Crippen molar-refractivity contribution >= 4 is 5.97 Å². The van der Waals surface area contributed by atoms with Gasteiger partial charge in [0.2, 0.25) is 0 Å². The molecule has 0 bridgehead atoms. The number of para-hydroxylation sites is 1. The third-order valence-electron chi connectivity index (χ3n) is 2.53. The van der Waals surface area contributed by atoms with E-state index in [9.17, 15) is 9.59 Å². The summed E-state index contributed by atoms with van der Waals surface area (Å²) in [7, 11) is 0. The lowest BCUT2D eigenvalue weighted by atomic mass is 10.2. The summed E-state index contributed by atoms with van der Waals surface area (Å²) in [6, 6.07) is 6.99. The van der Waals surface area contributed by atoms with E-state index in [4.69, 9.17) is 9.84 Å². The van der Waals surface area contributed by atoms with Crippen LogP contribution in [-0.2, 0) is 0 Å². The molecule has 0 amide bonds. The Morgan fingerprint density at radius 1 is 1.45 bits per heavy atom. The number of hydrogen-bond donors (Lipinski definition) is 2. The Morgan fingerprint density at radius 3 is 2.85 bits per heavy atom. The molecule has 1 heterocycles. The fourth-order valence-corrected chi connectivity index (χ4v) is 1.62. The minimum Gasteiger partial charge on any atom is -0.489 e. The highest BCUT2D eigenvalue weighted by molar-refractivity contribution is 5.86. The zero-order chi connectivity index (χ0) is 14.5. The van der Waals surface area contributed by atoms with Crippen LogP contribution in [0.3, 0.4) is 0 Å². The number of nitrogens with one attached hydrogen (secondary N) is 1. The minimum atomic E-state index is -1.32. The van der Waals surface area contributed by atoms with Crippen molar-refractivity contribution in [3.63, 3.8) is 0 Å². The van der Waals surface area contributed by atoms with E-state index < -0.39 is 17.1 Å². The van der Waals surface area contributed by atoms with Crippen LogP contribution in [0.2, 0.25) is 0 Å². The van der Waals surface area contributed by atoms with Gasteiger partial charge in [0, 0.05) is 6.20 Å². The summed E-state index contributed by atoms with van der Waals surface area (Å²) in [6.07, 6.45) is 2.63. The molecule has 6 nitrogen and oxygen atoms in total. The largest absolute Gasteiger partial charge is 0.489 e. The summed E-state index contributed by atoms with van der Waals surface area (Å²) in [4.78, 5) is 28.8. The molecular weight excluding hydrogens is 260 g/mol. The molecule has 102 valence electrons. The summed E-state index contributed by atoms with van der Waals surface area (Å²) in [6.45, 7) is 3.87. The number of carbonyl (C=O) groups is 1. The van der Waals surface area contributed by atoms with Crippen LogP contribution in [-0.4, -0.2) is 27.7 Å². The lowest BCUT2D eigenvalue weighted by Gasteiger charge is -2.09. The zero-order valence-electron chi connectivity index (χ0n) is 10.5. The van der Waals surface area contributed by atoms with Crippen LogP contribution < -0.4 is 10.3 Å². The SMILES string of the molecule is C=CCOc1ccccc1-c1ncc(C(=O)O)c(=O)[nH]1. The molecule has 0 fully saturated rings. The second-order valence-corrected chi connectivity index (χ2v) is 3.88. The molecule has 1 aromatic carbocycles. The van der Waals surface area contributed by atoms with Gasteiger partial charge < -0.3 is 14.8 Å². The minimum absolute atomic E-state index is 0.250. The average Bonchev–Trinajstić information content (AvgIpc) is 2.45. The van der Waals surface area contributed by atoms with Crippen molar-refractivity contribution < 1.29 is 14.6 Å². The molecule has 0 saturated heterocycles. The number of hydrogen-bond acceptors (Lipinski definition) is 4. The predicted octanol–water partition coefficient (Wildman–Crippen LogP) is 1.70. The van der Waals surface area contributed by atoms with Gasteiger partial charge >= 0.3 is 5.97 Å². The fraction of sp³-hybridized carbons (Fsp3) is 0.0714. The van der Waals surface area contributed by atoms with E-state index in [0.717, 1.165) is 6.20 Å². The van der Waals surface area contributed by atoms with Crippen molar-refractivity contribution in [3.05, 3.63) is 59.0 Å². The maximum absolute atomic E-state index is 11.6. The smallest absolute Gasteiger partial charge is 0.342 e. The second-order valence-electron chi connectivity index (χ2n) is 3.88. The molecule has 0 atom stereocenters. The maximum atomic E-state index is 11.6. The molecule has 6 heteroatoms. The molecule has 0 unspecified atom stereocenters. The van der Waals surface area contributed by atoms with Gasteiger partial charge in [0.25, 0.3) is 5.56 Å². The number of aromatic nitrogens is 2. The lowest BCUT2D eigenvalue weighted by Crippen LogP contribution is -2.18. The highest BCUT2D eigenvalue weighted by atomic mass is 16.5. The number of aromatic carboxylic acids is 1. The summed E-state index contributed by atoms with van der Waals surface area (Å²) >= 11 is 0. The fourth-order valence-electron chi connectivity index (χ4n) is 1.62. The van der Waals surface area contributed by atoms with E-state index in [0.29, 0.717) is 17.9 Å². The van der Waals surface area contributed by atoms with Gasteiger partial charge in [-0.05, 0) is 12.1 Å². The molecule has 0 radical (unpaired) electrons. The van der Waals surface area contributed by atoms with E-state index in [1.54, 1.807) is 30.3 Å². The Hall–Kier alpha value is -2.89. The van der Waals surface area contributed by atoms with Gasteiger partial charge in [-0.25, -0.2) is 9.78 Å². The zero-order valence-corrected chi connectivity index (χ0v) is 10.5. The van der Waals surface area contributed by atoms with Crippen LogP contribution in [0.15, 0.2) is 47.9 Å². The van der Waals surface area contributed by atoms with Crippen LogP contribution >= 0.6 is 0 Å². The van der Waals surface area contributed by atoms with Crippen molar-refractivity contribution in [1.29, 1.82) is 0 Å². The van der Waals surface area contributed by atoms with E-state index in [1.807, 2.05) is 0 Å².